The van der Waals surface area contributed by atoms with E-state index in [0.29, 0.717) is 24.2 Å². The number of halogens is 1. The van der Waals surface area contributed by atoms with Crippen molar-refractivity contribution in [2.75, 3.05) is 19.6 Å². The Bertz CT molecular complexity index is 770. The van der Waals surface area contributed by atoms with Crippen LogP contribution in [0.2, 0.25) is 0 Å². The van der Waals surface area contributed by atoms with Crippen LogP contribution >= 0.6 is 24.0 Å². The number of piperidine rings is 1. The third-order valence-electron chi connectivity index (χ3n) is 5.89. The molecule has 9 heteroatoms. The highest BCUT2D eigenvalue weighted by molar-refractivity contribution is 14.0. The van der Waals surface area contributed by atoms with Gasteiger partial charge in [0, 0.05) is 25.2 Å². The molecule has 4 rings (SSSR count). The molecule has 166 valence electrons. The SMILES string of the molecule is CCNC(=NCc1nc(-c2ccco2)n[nH]1)NC1CCCN(C2CCCCC2)C1.I. The van der Waals surface area contributed by atoms with Gasteiger partial charge in [0.15, 0.2) is 11.7 Å². The smallest absolute Gasteiger partial charge is 0.216 e. The summed E-state index contributed by atoms with van der Waals surface area (Å²) < 4.78 is 5.35. The molecule has 2 aliphatic rings. The van der Waals surface area contributed by atoms with Gasteiger partial charge in [-0.15, -0.1) is 29.1 Å². The number of hydrogen-bond donors (Lipinski definition) is 3. The molecule has 0 bridgehead atoms. The molecule has 30 heavy (non-hydrogen) atoms. The molecule has 2 aromatic heterocycles. The van der Waals surface area contributed by atoms with Gasteiger partial charge in [-0.05, 0) is 51.3 Å². The van der Waals surface area contributed by atoms with Gasteiger partial charge < -0.3 is 15.1 Å². The fourth-order valence-corrected chi connectivity index (χ4v) is 4.45. The van der Waals surface area contributed by atoms with E-state index >= 15 is 0 Å². The van der Waals surface area contributed by atoms with Gasteiger partial charge >= 0.3 is 0 Å². The van der Waals surface area contributed by atoms with Crippen LogP contribution in [0.15, 0.2) is 27.8 Å². The first-order valence-corrected chi connectivity index (χ1v) is 11.1. The molecule has 1 saturated heterocycles. The van der Waals surface area contributed by atoms with Crippen LogP contribution < -0.4 is 10.6 Å². The number of guanidine groups is 1. The average Bonchev–Trinajstić information content (AvgIpc) is 3.45. The highest BCUT2D eigenvalue weighted by Crippen LogP contribution is 2.25. The summed E-state index contributed by atoms with van der Waals surface area (Å²) in [6.45, 7) is 5.72. The Morgan fingerprint density at radius 2 is 2.13 bits per heavy atom. The first-order chi connectivity index (χ1) is 14.3. The fraction of sp³-hybridized carbons (Fsp3) is 0.667. The Morgan fingerprint density at radius 3 is 2.90 bits per heavy atom. The number of furan rings is 1. The normalized spacial score (nSPS) is 21.2. The van der Waals surface area contributed by atoms with E-state index in [1.165, 1.54) is 51.5 Å². The number of nitrogens with zero attached hydrogens (tertiary/aromatic N) is 4. The molecule has 8 nitrogen and oxygen atoms in total. The van der Waals surface area contributed by atoms with Crippen molar-refractivity contribution in [3.63, 3.8) is 0 Å². The fourth-order valence-electron chi connectivity index (χ4n) is 4.45. The van der Waals surface area contributed by atoms with Crippen LogP contribution in [0.4, 0.5) is 0 Å². The molecule has 1 aliphatic carbocycles. The summed E-state index contributed by atoms with van der Waals surface area (Å²) in [6.07, 6.45) is 11.0. The number of aromatic nitrogens is 3. The Balaban J connectivity index is 0.00000256. The first-order valence-electron chi connectivity index (χ1n) is 11.1. The minimum Gasteiger partial charge on any atom is -0.461 e. The van der Waals surface area contributed by atoms with Crippen molar-refractivity contribution in [3.05, 3.63) is 24.2 Å². The van der Waals surface area contributed by atoms with E-state index in [4.69, 9.17) is 9.41 Å². The summed E-state index contributed by atoms with van der Waals surface area (Å²) in [6, 6.07) is 4.90. The van der Waals surface area contributed by atoms with Crippen molar-refractivity contribution < 1.29 is 4.42 Å². The minimum absolute atomic E-state index is 0. The van der Waals surface area contributed by atoms with E-state index in [9.17, 15) is 0 Å². The monoisotopic (exact) mass is 527 g/mol. The summed E-state index contributed by atoms with van der Waals surface area (Å²) >= 11 is 0. The number of aliphatic imine (C=N–C) groups is 1. The van der Waals surface area contributed by atoms with Crippen LogP contribution in [-0.2, 0) is 6.54 Å². The predicted molar refractivity (Wildman–Crippen MR) is 129 cm³/mol. The molecule has 0 spiro atoms. The van der Waals surface area contributed by atoms with Gasteiger partial charge in [-0.3, -0.25) is 10.00 Å². The standard InChI is InChI=1S/C21H33N7O.HI/c1-2-22-21(23-14-19-25-20(27-26-19)18-11-7-13-29-18)24-16-8-6-12-28(15-16)17-9-4-3-5-10-17;/h7,11,13,16-17H,2-6,8-10,12,14-15H2,1H3,(H2,22,23,24)(H,25,26,27);1H. The molecule has 0 aromatic carbocycles. The molecule has 1 atom stereocenters. The summed E-state index contributed by atoms with van der Waals surface area (Å²) in [4.78, 5) is 11.9. The average molecular weight is 527 g/mol. The van der Waals surface area contributed by atoms with Gasteiger partial charge in [-0.25, -0.2) is 9.98 Å². The molecule has 0 radical (unpaired) electrons. The third kappa shape index (κ3) is 6.19. The van der Waals surface area contributed by atoms with Crippen molar-refractivity contribution in [2.24, 2.45) is 4.99 Å². The van der Waals surface area contributed by atoms with E-state index in [-0.39, 0.29) is 24.0 Å². The first kappa shape index (κ1) is 23.1. The highest BCUT2D eigenvalue weighted by Gasteiger charge is 2.27. The van der Waals surface area contributed by atoms with E-state index in [1.807, 2.05) is 12.1 Å². The number of rotatable bonds is 6. The summed E-state index contributed by atoms with van der Waals surface area (Å²) in [7, 11) is 0. The maximum absolute atomic E-state index is 5.35. The lowest BCUT2D eigenvalue weighted by molar-refractivity contribution is 0.115. The third-order valence-corrected chi connectivity index (χ3v) is 5.89. The zero-order valence-corrected chi connectivity index (χ0v) is 20.1. The van der Waals surface area contributed by atoms with E-state index in [2.05, 4.69) is 37.6 Å². The molecule has 2 aromatic rings. The van der Waals surface area contributed by atoms with E-state index < -0.39 is 0 Å². The van der Waals surface area contributed by atoms with E-state index in [0.717, 1.165) is 30.9 Å². The Kier molecular flexibility index (Phi) is 8.98. The van der Waals surface area contributed by atoms with Crippen LogP contribution in [0.25, 0.3) is 11.6 Å². The molecular formula is C21H34IN7O. The molecular weight excluding hydrogens is 493 g/mol. The predicted octanol–water partition coefficient (Wildman–Crippen LogP) is 3.53. The second-order valence-electron chi connectivity index (χ2n) is 8.05. The van der Waals surface area contributed by atoms with Gasteiger partial charge in [-0.1, -0.05) is 19.3 Å². The number of H-pyrrole nitrogens is 1. The topological polar surface area (TPSA) is 94.4 Å². The van der Waals surface area contributed by atoms with Crippen LogP contribution in [0, 0.1) is 0 Å². The second kappa shape index (κ2) is 11.7. The number of hydrogen-bond acceptors (Lipinski definition) is 5. The number of likely N-dealkylation sites (tertiary alicyclic amines) is 1. The Hall–Kier alpha value is -1.62. The van der Waals surface area contributed by atoms with E-state index in [1.54, 1.807) is 6.26 Å². The maximum atomic E-state index is 5.35. The van der Waals surface area contributed by atoms with Gasteiger partial charge in [0.1, 0.15) is 12.4 Å². The minimum atomic E-state index is 0. The van der Waals surface area contributed by atoms with Crippen molar-refractivity contribution in [1.29, 1.82) is 0 Å². The van der Waals surface area contributed by atoms with Gasteiger partial charge in [0.05, 0.1) is 6.26 Å². The van der Waals surface area contributed by atoms with Crippen LogP contribution in [0.3, 0.4) is 0 Å². The van der Waals surface area contributed by atoms with Gasteiger partial charge in [0.2, 0.25) is 5.82 Å². The molecule has 3 N–H and O–H groups in total. The molecule has 1 unspecified atom stereocenters. The molecule has 3 heterocycles. The summed E-state index contributed by atoms with van der Waals surface area (Å²) in [5.74, 6) is 2.79. The molecule has 1 saturated carbocycles. The summed E-state index contributed by atoms with van der Waals surface area (Å²) in [5, 5.41) is 14.2. The number of aromatic amines is 1. The van der Waals surface area contributed by atoms with Crippen LogP contribution in [0.1, 0.15) is 57.7 Å². The molecule has 1 aliphatic heterocycles. The van der Waals surface area contributed by atoms with Crippen LogP contribution in [0.5, 0.6) is 0 Å². The van der Waals surface area contributed by atoms with Crippen LogP contribution in [-0.4, -0.2) is 57.8 Å². The Morgan fingerprint density at radius 1 is 1.27 bits per heavy atom. The number of nitrogens with one attached hydrogen (secondary N) is 3. The van der Waals surface area contributed by atoms with Crippen molar-refractivity contribution in [2.45, 2.75) is 70.5 Å². The van der Waals surface area contributed by atoms with Crippen molar-refractivity contribution >= 4 is 29.9 Å². The lowest BCUT2D eigenvalue weighted by Gasteiger charge is -2.40. The largest absolute Gasteiger partial charge is 0.461 e. The Labute approximate surface area is 195 Å². The van der Waals surface area contributed by atoms with Gasteiger partial charge in [0.25, 0.3) is 0 Å². The van der Waals surface area contributed by atoms with Gasteiger partial charge in [-0.2, -0.15) is 0 Å². The highest BCUT2D eigenvalue weighted by atomic mass is 127. The lowest BCUT2D eigenvalue weighted by atomic mass is 9.92. The van der Waals surface area contributed by atoms with Crippen molar-refractivity contribution in [3.8, 4) is 11.6 Å². The summed E-state index contributed by atoms with van der Waals surface area (Å²) in [5.41, 5.74) is 0. The second-order valence-corrected chi connectivity index (χ2v) is 8.05. The maximum Gasteiger partial charge on any atom is 0.216 e. The zero-order chi connectivity index (χ0) is 19.9. The lowest BCUT2D eigenvalue weighted by Crippen LogP contribution is -2.53. The zero-order valence-electron chi connectivity index (χ0n) is 17.8. The molecule has 0 amide bonds. The molecule has 2 fully saturated rings. The quantitative estimate of drug-likeness (QED) is 0.302. The van der Waals surface area contributed by atoms with Crippen molar-refractivity contribution in [1.82, 2.24) is 30.7 Å².